The molecule has 1 aliphatic heterocycles. The number of terminal acetylenes is 1. The van der Waals surface area contributed by atoms with Crippen LogP contribution >= 0.6 is 12.2 Å². The first-order valence-corrected chi connectivity index (χ1v) is 9.12. The van der Waals surface area contributed by atoms with Gasteiger partial charge in [0.05, 0.1) is 6.10 Å². The molecule has 2 heterocycles. The van der Waals surface area contributed by atoms with Crippen LogP contribution in [0.15, 0.2) is 15.8 Å². The van der Waals surface area contributed by atoms with Crippen LogP contribution in [0.1, 0.15) is 31.6 Å². The van der Waals surface area contributed by atoms with Gasteiger partial charge < -0.3 is 19.5 Å². The van der Waals surface area contributed by atoms with Crippen molar-refractivity contribution >= 4 is 17.4 Å². The van der Waals surface area contributed by atoms with E-state index in [0.29, 0.717) is 17.3 Å². The molecule has 1 aromatic rings. The molecular weight excluding hydrogens is 415 g/mol. The van der Waals surface area contributed by atoms with Gasteiger partial charge in [-0.1, -0.05) is 12.8 Å². The number of rotatable bonds is 7. The van der Waals surface area contributed by atoms with E-state index in [1.54, 1.807) is 4.98 Å². The van der Waals surface area contributed by atoms with Crippen molar-refractivity contribution in [1.82, 2.24) is 14.9 Å². The summed E-state index contributed by atoms with van der Waals surface area (Å²) in [6.45, 7) is 2.42. The first kappa shape index (κ1) is 22.9. The molecule has 1 aliphatic rings. The van der Waals surface area contributed by atoms with Gasteiger partial charge in [-0.2, -0.15) is 13.2 Å². The van der Waals surface area contributed by atoms with Crippen LogP contribution in [0, 0.1) is 12.3 Å². The predicted octanol–water partition coefficient (Wildman–Crippen LogP) is 1.16. The van der Waals surface area contributed by atoms with Gasteiger partial charge in [-0.3, -0.25) is 14.3 Å². The molecule has 0 spiro atoms. The number of aromatic amines is 1. The Bertz CT molecular complexity index is 877. The first-order chi connectivity index (χ1) is 13.7. The highest BCUT2D eigenvalue weighted by Gasteiger charge is 2.40. The highest BCUT2D eigenvalue weighted by Crippen LogP contribution is 2.32. The molecule has 2 rings (SSSR count). The van der Waals surface area contributed by atoms with Gasteiger partial charge in [-0.25, -0.2) is 4.79 Å². The fourth-order valence-electron chi connectivity index (χ4n) is 2.69. The number of aromatic nitrogens is 2. The monoisotopic (exact) mass is 435 g/mol. The number of nitrogens with zero attached hydrogens (tertiary/aromatic N) is 1. The summed E-state index contributed by atoms with van der Waals surface area (Å²) in [6.07, 6.45) is -0.980. The molecule has 8 nitrogen and oxygen atoms in total. The zero-order valence-electron chi connectivity index (χ0n) is 15.5. The zero-order chi connectivity index (χ0) is 21.6. The molecule has 1 saturated heterocycles. The lowest BCUT2D eigenvalue weighted by molar-refractivity contribution is -0.139. The third-order valence-electron chi connectivity index (χ3n) is 4.04. The molecule has 12 heteroatoms. The molecule has 0 radical (unpaired) electrons. The van der Waals surface area contributed by atoms with Gasteiger partial charge in [0.25, 0.3) is 10.7 Å². The summed E-state index contributed by atoms with van der Waals surface area (Å²) in [5.41, 5.74) is -4.07. The van der Waals surface area contributed by atoms with E-state index in [0.717, 1.165) is 6.42 Å². The minimum Gasteiger partial charge on any atom is -0.468 e. The van der Waals surface area contributed by atoms with Crippen LogP contribution in [0.2, 0.25) is 0 Å². The van der Waals surface area contributed by atoms with E-state index >= 15 is 0 Å². The molecule has 0 aliphatic carbocycles. The summed E-state index contributed by atoms with van der Waals surface area (Å²) in [7, 11) is 0. The van der Waals surface area contributed by atoms with Gasteiger partial charge in [-0.15, -0.1) is 6.42 Å². The Morgan fingerprint density at radius 1 is 1.52 bits per heavy atom. The Morgan fingerprint density at radius 2 is 2.24 bits per heavy atom. The van der Waals surface area contributed by atoms with Crippen molar-refractivity contribution < 1.29 is 27.4 Å². The summed E-state index contributed by atoms with van der Waals surface area (Å²) >= 11 is 5.01. The van der Waals surface area contributed by atoms with Crippen molar-refractivity contribution in [3.8, 4) is 12.3 Å². The maximum atomic E-state index is 13.0. The Morgan fingerprint density at radius 3 is 2.86 bits per heavy atom. The number of ether oxygens (including phenoxy) is 3. The second-order valence-corrected chi connectivity index (χ2v) is 6.52. The fraction of sp³-hybridized carbons (Fsp3) is 0.588. The molecule has 2 N–H and O–H groups in total. The SMILES string of the molecule is C#CCO[C@H]1C[C@H](n2cc(C(F)(F)F)c(=O)[nH]c2=O)O[C@@H]1COC(=S)NCCC. The highest BCUT2D eigenvalue weighted by atomic mass is 32.1. The smallest absolute Gasteiger partial charge is 0.423 e. The van der Waals surface area contributed by atoms with Crippen molar-refractivity contribution in [3.63, 3.8) is 0 Å². The summed E-state index contributed by atoms with van der Waals surface area (Å²) < 4.78 is 56.2. The second-order valence-electron chi connectivity index (χ2n) is 6.15. The zero-order valence-corrected chi connectivity index (χ0v) is 16.3. The normalized spacial score (nSPS) is 21.6. The predicted molar refractivity (Wildman–Crippen MR) is 100 cm³/mol. The lowest BCUT2D eigenvalue weighted by atomic mass is 10.2. The van der Waals surface area contributed by atoms with E-state index in [-0.39, 0.29) is 24.8 Å². The average Bonchev–Trinajstić information content (AvgIpc) is 3.04. The Kier molecular flexibility index (Phi) is 7.83. The minimum absolute atomic E-state index is 0.0219. The molecule has 160 valence electrons. The standard InChI is InChI=1S/C17H20F3N3O5S/c1-3-5-21-16(29)27-9-12-11(26-6-4-2)7-13(28-12)23-8-10(17(18,19)20)14(24)22-15(23)25/h2,8,11-13H,3,5-7,9H2,1H3,(H,21,29)(H,22,24,25)/t11-,12+,13+/m0/s1. The Labute approximate surface area is 169 Å². The van der Waals surface area contributed by atoms with Gasteiger partial charge in [0.2, 0.25) is 0 Å². The summed E-state index contributed by atoms with van der Waals surface area (Å²) in [4.78, 5) is 25.2. The Hall–Kier alpha value is -2.36. The molecule has 0 amide bonds. The van der Waals surface area contributed by atoms with Crippen LogP contribution < -0.4 is 16.6 Å². The molecule has 0 unspecified atom stereocenters. The molecule has 29 heavy (non-hydrogen) atoms. The minimum atomic E-state index is -4.93. The van der Waals surface area contributed by atoms with Gasteiger partial charge in [0.15, 0.2) is 0 Å². The first-order valence-electron chi connectivity index (χ1n) is 8.71. The molecule has 1 fully saturated rings. The molecule has 3 atom stereocenters. The third kappa shape index (κ3) is 6.06. The van der Waals surface area contributed by atoms with Crippen molar-refractivity contribution in [1.29, 1.82) is 0 Å². The highest BCUT2D eigenvalue weighted by molar-refractivity contribution is 7.80. The molecular formula is C17H20F3N3O5S. The number of nitrogens with one attached hydrogen (secondary N) is 2. The summed E-state index contributed by atoms with van der Waals surface area (Å²) in [6, 6.07) is 0. The van der Waals surface area contributed by atoms with E-state index in [9.17, 15) is 22.8 Å². The van der Waals surface area contributed by atoms with E-state index in [1.807, 2.05) is 6.92 Å². The van der Waals surface area contributed by atoms with Gasteiger partial charge in [0.1, 0.15) is 31.1 Å². The van der Waals surface area contributed by atoms with E-state index in [4.69, 9.17) is 32.9 Å². The summed E-state index contributed by atoms with van der Waals surface area (Å²) in [5.74, 6) is 2.29. The number of thiocarbonyl (C=S) groups is 1. The van der Waals surface area contributed by atoms with E-state index < -0.39 is 41.4 Å². The quantitative estimate of drug-likeness (QED) is 0.490. The summed E-state index contributed by atoms with van der Waals surface area (Å²) in [5, 5.41) is 2.99. The second kappa shape index (κ2) is 9.91. The fourth-order valence-corrected chi connectivity index (χ4v) is 2.86. The molecule has 0 saturated carbocycles. The number of hydrogen-bond donors (Lipinski definition) is 2. The van der Waals surface area contributed by atoms with E-state index in [2.05, 4.69) is 11.2 Å². The Balaban J connectivity index is 2.20. The van der Waals surface area contributed by atoms with Gasteiger partial charge in [0, 0.05) is 19.2 Å². The van der Waals surface area contributed by atoms with Crippen molar-refractivity contribution in [3.05, 3.63) is 32.6 Å². The lowest BCUT2D eigenvalue weighted by Crippen LogP contribution is -2.36. The van der Waals surface area contributed by atoms with Crippen LogP contribution in [-0.4, -0.2) is 46.7 Å². The van der Waals surface area contributed by atoms with Gasteiger partial charge in [-0.05, 0) is 18.6 Å². The largest absolute Gasteiger partial charge is 0.468 e. The lowest BCUT2D eigenvalue weighted by Gasteiger charge is -2.19. The van der Waals surface area contributed by atoms with Crippen LogP contribution in [0.5, 0.6) is 0 Å². The number of hydrogen-bond acceptors (Lipinski definition) is 6. The van der Waals surface area contributed by atoms with Crippen LogP contribution in [0.4, 0.5) is 13.2 Å². The van der Waals surface area contributed by atoms with E-state index in [1.165, 1.54) is 0 Å². The molecule has 1 aromatic heterocycles. The van der Waals surface area contributed by atoms with Crippen molar-refractivity contribution in [2.24, 2.45) is 0 Å². The third-order valence-corrected chi connectivity index (χ3v) is 4.30. The number of halogens is 3. The van der Waals surface area contributed by atoms with Crippen LogP contribution in [0.3, 0.4) is 0 Å². The molecule has 0 aromatic carbocycles. The number of alkyl halides is 3. The topological polar surface area (TPSA) is 94.6 Å². The maximum absolute atomic E-state index is 13.0. The van der Waals surface area contributed by atoms with Gasteiger partial charge >= 0.3 is 11.9 Å². The van der Waals surface area contributed by atoms with Crippen LogP contribution in [-0.2, 0) is 20.4 Å². The number of H-pyrrole nitrogens is 1. The van der Waals surface area contributed by atoms with Crippen molar-refractivity contribution in [2.45, 2.75) is 44.4 Å². The average molecular weight is 435 g/mol. The maximum Gasteiger partial charge on any atom is 0.423 e. The molecule has 0 bridgehead atoms. The van der Waals surface area contributed by atoms with Crippen molar-refractivity contribution in [2.75, 3.05) is 19.8 Å². The van der Waals surface area contributed by atoms with Crippen LogP contribution in [0.25, 0.3) is 0 Å².